The minimum Gasteiger partial charge on any atom is -0.356 e. The smallest absolute Gasteiger partial charge is 0.101 e. The number of benzene rings is 1. The molecule has 49 heavy (non-hydrogen) atoms. The van der Waals surface area contributed by atoms with Crippen molar-refractivity contribution in [2.75, 3.05) is 6.54 Å². The second-order valence-corrected chi connectivity index (χ2v) is 15.9. The van der Waals surface area contributed by atoms with Gasteiger partial charge in [-0.3, -0.25) is 0 Å². The van der Waals surface area contributed by atoms with E-state index in [1.54, 1.807) is 0 Å². The van der Waals surface area contributed by atoms with Gasteiger partial charge in [-0.25, -0.2) is 0 Å². The Labute approximate surface area is 308 Å². The highest BCUT2D eigenvalue weighted by atomic mass is 15.4. The molecule has 0 saturated heterocycles. The van der Waals surface area contributed by atoms with Crippen molar-refractivity contribution < 1.29 is 0 Å². The van der Waals surface area contributed by atoms with E-state index in [1.807, 2.05) is 0 Å². The van der Waals surface area contributed by atoms with Gasteiger partial charge in [0.2, 0.25) is 0 Å². The standard InChI is InChI=1S/C47H86N2/c1-3-5-7-9-11-13-15-17-19-21-23-25-27-29-31-33-38-42-48-43-44-49(45-46-39-35-34-36-40-46)47(48)41-37-32-30-28-26-24-22-20-18-16-14-12-10-8-6-4-2/h34-36,39-40,43-44,47H,3-33,37-38,41-42,45H2,1-2H3. The van der Waals surface area contributed by atoms with Gasteiger partial charge in [-0.2, -0.15) is 0 Å². The summed E-state index contributed by atoms with van der Waals surface area (Å²) in [6.07, 6.45) is 54.3. The van der Waals surface area contributed by atoms with Crippen LogP contribution in [0.2, 0.25) is 0 Å². The first-order chi connectivity index (χ1) is 24.3. The number of rotatable bonds is 37. The van der Waals surface area contributed by atoms with Crippen LogP contribution in [0, 0.1) is 0 Å². The molecule has 0 amide bonds. The Bertz CT molecular complexity index is 819. The van der Waals surface area contributed by atoms with Crippen LogP contribution in [0.1, 0.15) is 238 Å². The monoisotopic (exact) mass is 679 g/mol. The molecule has 1 aromatic rings. The van der Waals surface area contributed by atoms with Crippen LogP contribution in [0.5, 0.6) is 0 Å². The molecule has 0 spiro atoms. The summed E-state index contributed by atoms with van der Waals surface area (Å²) in [5.74, 6) is 0. The third-order valence-electron chi connectivity index (χ3n) is 11.3. The Morgan fingerprint density at radius 2 is 0.694 bits per heavy atom. The fourth-order valence-corrected chi connectivity index (χ4v) is 7.96. The van der Waals surface area contributed by atoms with Crippen molar-refractivity contribution >= 4 is 0 Å². The zero-order valence-corrected chi connectivity index (χ0v) is 33.5. The molecule has 1 atom stereocenters. The summed E-state index contributed by atoms with van der Waals surface area (Å²) in [7, 11) is 0. The lowest BCUT2D eigenvalue weighted by Crippen LogP contribution is -2.38. The SMILES string of the molecule is CCCCCCCCCCCCCCCCCCCN1C=CN(Cc2ccccc2)C1CCCCCCCCCCCCCCCCCC. The minimum absolute atomic E-state index is 0.549. The molecule has 2 heteroatoms. The van der Waals surface area contributed by atoms with Gasteiger partial charge in [0, 0.05) is 25.5 Å². The normalized spacial score (nSPS) is 14.4. The van der Waals surface area contributed by atoms with E-state index in [-0.39, 0.29) is 0 Å². The zero-order chi connectivity index (χ0) is 34.7. The average Bonchev–Trinajstić information content (AvgIpc) is 3.50. The van der Waals surface area contributed by atoms with E-state index in [4.69, 9.17) is 0 Å². The fraction of sp³-hybridized carbons (Fsp3) is 0.830. The molecule has 1 aliphatic heterocycles. The highest BCUT2D eigenvalue weighted by Gasteiger charge is 2.25. The van der Waals surface area contributed by atoms with Crippen LogP contribution in [0.15, 0.2) is 42.7 Å². The minimum atomic E-state index is 0.549. The zero-order valence-electron chi connectivity index (χ0n) is 33.5. The van der Waals surface area contributed by atoms with Crippen LogP contribution < -0.4 is 0 Å². The molecule has 1 heterocycles. The Hall–Kier alpha value is -1.44. The highest BCUT2D eigenvalue weighted by Crippen LogP contribution is 2.25. The summed E-state index contributed by atoms with van der Waals surface area (Å²) in [5.41, 5.74) is 1.43. The highest BCUT2D eigenvalue weighted by molar-refractivity contribution is 5.16. The summed E-state index contributed by atoms with van der Waals surface area (Å²) in [5, 5.41) is 0. The van der Waals surface area contributed by atoms with Crippen LogP contribution in [0.4, 0.5) is 0 Å². The molecule has 0 aromatic heterocycles. The van der Waals surface area contributed by atoms with E-state index >= 15 is 0 Å². The molecular formula is C47H86N2. The number of unbranched alkanes of at least 4 members (excludes halogenated alkanes) is 31. The predicted molar refractivity (Wildman–Crippen MR) is 220 cm³/mol. The third kappa shape index (κ3) is 25.2. The Balaban J connectivity index is 1.48. The summed E-state index contributed by atoms with van der Waals surface area (Å²) in [4.78, 5) is 5.30. The first-order valence-electron chi connectivity index (χ1n) is 22.6. The molecule has 0 bridgehead atoms. The summed E-state index contributed by atoms with van der Waals surface area (Å²) >= 11 is 0. The van der Waals surface area contributed by atoms with Gasteiger partial charge in [0.25, 0.3) is 0 Å². The van der Waals surface area contributed by atoms with Gasteiger partial charge in [0.1, 0.15) is 6.17 Å². The molecule has 284 valence electrons. The predicted octanol–water partition coefficient (Wildman–Crippen LogP) is 15.9. The fourth-order valence-electron chi connectivity index (χ4n) is 7.96. The van der Waals surface area contributed by atoms with Crippen LogP contribution in [-0.2, 0) is 6.54 Å². The molecule has 0 fully saturated rings. The topological polar surface area (TPSA) is 6.48 Å². The first kappa shape index (κ1) is 43.7. The van der Waals surface area contributed by atoms with Crippen LogP contribution in [-0.4, -0.2) is 22.5 Å². The van der Waals surface area contributed by atoms with E-state index in [1.165, 1.54) is 230 Å². The largest absolute Gasteiger partial charge is 0.356 e. The van der Waals surface area contributed by atoms with Crippen molar-refractivity contribution in [3.63, 3.8) is 0 Å². The Morgan fingerprint density at radius 3 is 1.08 bits per heavy atom. The Morgan fingerprint density at radius 1 is 0.367 bits per heavy atom. The summed E-state index contributed by atoms with van der Waals surface area (Å²) in [6.45, 7) is 6.88. The maximum absolute atomic E-state index is 2.68. The van der Waals surface area contributed by atoms with Crippen molar-refractivity contribution in [3.05, 3.63) is 48.3 Å². The lowest BCUT2D eigenvalue weighted by Gasteiger charge is -2.33. The van der Waals surface area contributed by atoms with Gasteiger partial charge in [-0.05, 0) is 24.8 Å². The van der Waals surface area contributed by atoms with Crippen molar-refractivity contribution in [1.82, 2.24) is 9.80 Å². The number of hydrogen-bond donors (Lipinski definition) is 0. The molecular weight excluding hydrogens is 593 g/mol. The van der Waals surface area contributed by atoms with Gasteiger partial charge in [-0.15, -0.1) is 0 Å². The van der Waals surface area contributed by atoms with Gasteiger partial charge < -0.3 is 9.80 Å². The van der Waals surface area contributed by atoms with Crippen LogP contribution >= 0.6 is 0 Å². The molecule has 0 aliphatic carbocycles. The maximum atomic E-state index is 2.68. The van der Waals surface area contributed by atoms with E-state index < -0.39 is 0 Å². The van der Waals surface area contributed by atoms with Crippen molar-refractivity contribution in [2.45, 2.75) is 245 Å². The summed E-state index contributed by atoms with van der Waals surface area (Å²) in [6, 6.07) is 11.1. The molecule has 2 nitrogen and oxygen atoms in total. The second-order valence-electron chi connectivity index (χ2n) is 15.9. The van der Waals surface area contributed by atoms with Crippen molar-refractivity contribution in [2.24, 2.45) is 0 Å². The van der Waals surface area contributed by atoms with Crippen LogP contribution in [0.25, 0.3) is 0 Å². The second kappa shape index (κ2) is 33.7. The van der Waals surface area contributed by atoms with Crippen LogP contribution in [0.3, 0.4) is 0 Å². The van der Waals surface area contributed by atoms with E-state index in [2.05, 4.69) is 66.4 Å². The van der Waals surface area contributed by atoms with Crippen molar-refractivity contribution in [1.29, 1.82) is 0 Å². The summed E-state index contributed by atoms with van der Waals surface area (Å²) < 4.78 is 0. The molecule has 1 aromatic carbocycles. The lowest BCUT2D eigenvalue weighted by molar-refractivity contribution is 0.132. The number of hydrogen-bond acceptors (Lipinski definition) is 2. The van der Waals surface area contributed by atoms with Gasteiger partial charge in [-0.1, -0.05) is 243 Å². The number of nitrogens with zero attached hydrogens (tertiary/aromatic N) is 2. The average molecular weight is 679 g/mol. The van der Waals surface area contributed by atoms with Gasteiger partial charge in [0.05, 0.1) is 0 Å². The lowest BCUT2D eigenvalue weighted by atomic mass is 10.0. The molecule has 0 N–H and O–H groups in total. The maximum Gasteiger partial charge on any atom is 0.101 e. The van der Waals surface area contributed by atoms with Gasteiger partial charge >= 0.3 is 0 Å². The van der Waals surface area contributed by atoms with Gasteiger partial charge in [0.15, 0.2) is 0 Å². The molecule has 1 unspecified atom stereocenters. The molecule has 2 rings (SSSR count). The molecule has 0 radical (unpaired) electrons. The van der Waals surface area contributed by atoms with E-state index in [9.17, 15) is 0 Å². The first-order valence-corrected chi connectivity index (χ1v) is 22.6. The van der Waals surface area contributed by atoms with Crippen molar-refractivity contribution in [3.8, 4) is 0 Å². The third-order valence-corrected chi connectivity index (χ3v) is 11.3. The quantitative estimate of drug-likeness (QED) is 0.0646. The molecule has 0 saturated carbocycles. The van der Waals surface area contributed by atoms with E-state index in [0.717, 1.165) is 6.54 Å². The molecule has 1 aliphatic rings. The van der Waals surface area contributed by atoms with E-state index in [0.29, 0.717) is 6.17 Å². The Kier molecular flexibility index (Phi) is 30.1.